The molecule has 0 fully saturated rings. The number of carbonyl (C=O) groups is 1. The van der Waals surface area contributed by atoms with Crippen molar-refractivity contribution in [1.82, 2.24) is 0 Å². The number of phenolic OH excluding ortho intramolecular Hbond substituents is 1. The van der Waals surface area contributed by atoms with Gasteiger partial charge in [-0.05, 0) is 89.2 Å². The Morgan fingerprint density at radius 1 is 1.12 bits per heavy atom. The Morgan fingerprint density at radius 2 is 1.81 bits per heavy atom. The van der Waals surface area contributed by atoms with E-state index in [0.29, 0.717) is 17.6 Å². The average Bonchev–Trinajstić information content (AvgIpc) is 2.74. The molecule has 2 N–H and O–H groups in total. The number of carboxylic acid groups (broad SMARTS) is 1. The van der Waals surface area contributed by atoms with Crippen LogP contribution in [0.4, 0.5) is 8.78 Å². The third kappa shape index (κ3) is 6.82. The minimum atomic E-state index is -1.17. The normalized spacial score (nSPS) is 13.1. The summed E-state index contributed by atoms with van der Waals surface area (Å²) in [6.45, 7) is 3.72. The van der Waals surface area contributed by atoms with Crippen molar-refractivity contribution in [2.45, 2.75) is 26.7 Å². The summed E-state index contributed by atoms with van der Waals surface area (Å²) < 4.78 is 28.8. The molecular weight excluding hydrogens is 410 g/mol. The van der Waals surface area contributed by atoms with E-state index in [0.717, 1.165) is 22.8 Å². The monoisotopic (exact) mass is 434 g/mol. The summed E-state index contributed by atoms with van der Waals surface area (Å²) in [5.41, 5.74) is 3.96. The van der Waals surface area contributed by atoms with Crippen molar-refractivity contribution in [2.24, 2.45) is 0 Å². The lowest BCUT2D eigenvalue weighted by atomic mass is 9.88. The van der Waals surface area contributed by atoms with Crippen LogP contribution in [0.25, 0.3) is 11.1 Å². The second kappa shape index (κ2) is 11.5. The molecule has 0 atom stereocenters. The number of aryl methyl sites for hydroxylation is 1. The zero-order valence-electron chi connectivity index (χ0n) is 17.9. The Kier molecular flexibility index (Phi) is 8.73. The molecule has 2 aromatic rings. The predicted octanol–water partition coefficient (Wildman–Crippen LogP) is 6.60. The molecule has 0 saturated carbocycles. The van der Waals surface area contributed by atoms with E-state index in [9.17, 15) is 14.3 Å². The molecule has 0 heterocycles. The lowest BCUT2D eigenvalue weighted by Gasteiger charge is -2.17. The second-order valence-corrected chi connectivity index (χ2v) is 7.07. The smallest absolute Gasteiger partial charge is 0.328 e. The van der Waals surface area contributed by atoms with Crippen molar-refractivity contribution in [3.63, 3.8) is 0 Å². The van der Waals surface area contributed by atoms with Crippen LogP contribution in [0.15, 0.2) is 78.2 Å². The third-order valence-electron chi connectivity index (χ3n) is 4.78. The van der Waals surface area contributed by atoms with E-state index in [1.165, 1.54) is 42.5 Å². The van der Waals surface area contributed by atoms with E-state index in [2.05, 4.69) is 5.92 Å². The van der Waals surface area contributed by atoms with Gasteiger partial charge < -0.3 is 10.2 Å². The number of aromatic hydroxyl groups is 1. The molecule has 0 aliphatic rings. The Hall–Kier alpha value is -3.91. The fourth-order valence-electron chi connectivity index (χ4n) is 3.38. The maximum atomic E-state index is 15.1. The SMILES string of the molecule is C#C/C=C(/C=C/C(=O)O)\C=C(\F)C/C(=C(/CC)c1ccc(F)cc1C)c1ccc(O)cc1. The van der Waals surface area contributed by atoms with Gasteiger partial charge in [0.05, 0.1) is 0 Å². The summed E-state index contributed by atoms with van der Waals surface area (Å²) in [6, 6.07) is 10.9. The van der Waals surface area contributed by atoms with Crippen molar-refractivity contribution < 1.29 is 23.8 Å². The van der Waals surface area contributed by atoms with Crippen LogP contribution in [0.5, 0.6) is 5.75 Å². The lowest BCUT2D eigenvalue weighted by Crippen LogP contribution is -1.97. The Balaban J connectivity index is 2.62. The summed E-state index contributed by atoms with van der Waals surface area (Å²) in [7, 11) is 0. The molecule has 0 bridgehead atoms. The van der Waals surface area contributed by atoms with E-state index in [4.69, 9.17) is 11.5 Å². The maximum Gasteiger partial charge on any atom is 0.328 e. The maximum absolute atomic E-state index is 15.1. The number of carboxylic acids is 1. The van der Waals surface area contributed by atoms with E-state index >= 15 is 4.39 Å². The van der Waals surface area contributed by atoms with Crippen LogP contribution in [-0.2, 0) is 4.79 Å². The molecule has 2 aromatic carbocycles. The van der Waals surface area contributed by atoms with Gasteiger partial charge >= 0.3 is 5.97 Å². The number of allylic oxidation sites excluding steroid dienone is 7. The highest BCUT2D eigenvalue weighted by Crippen LogP contribution is 2.36. The van der Waals surface area contributed by atoms with Gasteiger partial charge in [0.25, 0.3) is 0 Å². The summed E-state index contributed by atoms with van der Waals surface area (Å²) in [5.74, 6) is 0.289. The van der Waals surface area contributed by atoms with Crippen LogP contribution >= 0.6 is 0 Å². The first-order valence-corrected chi connectivity index (χ1v) is 9.96. The van der Waals surface area contributed by atoms with Crippen molar-refractivity contribution in [3.05, 3.63) is 101 Å². The number of aliphatic carboxylic acids is 1. The molecule has 0 unspecified atom stereocenters. The van der Waals surface area contributed by atoms with Crippen LogP contribution < -0.4 is 0 Å². The van der Waals surface area contributed by atoms with Gasteiger partial charge in [-0.15, -0.1) is 6.42 Å². The number of phenols is 1. The van der Waals surface area contributed by atoms with Gasteiger partial charge in [-0.25, -0.2) is 13.6 Å². The zero-order valence-corrected chi connectivity index (χ0v) is 17.9. The molecule has 5 heteroatoms. The molecule has 0 aliphatic heterocycles. The van der Waals surface area contributed by atoms with E-state index in [-0.39, 0.29) is 23.6 Å². The zero-order chi connectivity index (χ0) is 23.7. The molecule has 32 heavy (non-hydrogen) atoms. The molecule has 0 aromatic heterocycles. The average molecular weight is 434 g/mol. The van der Waals surface area contributed by atoms with E-state index in [1.807, 2.05) is 6.92 Å². The number of hydrogen-bond acceptors (Lipinski definition) is 2. The van der Waals surface area contributed by atoms with Gasteiger partial charge in [-0.2, -0.15) is 0 Å². The molecule has 2 rings (SSSR count). The number of rotatable bonds is 8. The fraction of sp³-hybridized carbons (Fsp3) is 0.148. The first-order chi connectivity index (χ1) is 15.2. The minimum Gasteiger partial charge on any atom is -0.508 e. The molecule has 0 aliphatic carbocycles. The van der Waals surface area contributed by atoms with Gasteiger partial charge in [0.15, 0.2) is 0 Å². The van der Waals surface area contributed by atoms with Crippen LogP contribution in [0.1, 0.15) is 36.5 Å². The number of hydrogen-bond donors (Lipinski definition) is 2. The van der Waals surface area contributed by atoms with Gasteiger partial charge in [0, 0.05) is 12.5 Å². The van der Waals surface area contributed by atoms with Gasteiger partial charge in [-0.1, -0.05) is 31.0 Å². The number of halogens is 2. The minimum absolute atomic E-state index is 0.0816. The molecule has 0 radical (unpaired) electrons. The Morgan fingerprint density at radius 3 is 2.38 bits per heavy atom. The van der Waals surface area contributed by atoms with Crippen LogP contribution in [0.2, 0.25) is 0 Å². The molecule has 164 valence electrons. The van der Waals surface area contributed by atoms with Crippen molar-refractivity contribution >= 4 is 17.1 Å². The summed E-state index contributed by atoms with van der Waals surface area (Å²) in [4.78, 5) is 10.8. The highest BCUT2D eigenvalue weighted by molar-refractivity contribution is 5.92. The summed E-state index contributed by atoms with van der Waals surface area (Å²) in [5, 5.41) is 18.5. The Bertz CT molecular complexity index is 1140. The topological polar surface area (TPSA) is 57.5 Å². The highest BCUT2D eigenvalue weighted by atomic mass is 19.1. The first-order valence-electron chi connectivity index (χ1n) is 9.96. The molecular formula is C27H24F2O3. The number of terminal acetylenes is 1. The van der Waals surface area contributed by atoms with Crippen LogP contribution in [0, 0.1) is 25.1 Å². The highest BCUT2D eigenvalue weighted by Gasteiger charge is 2.15. The largest absolute Gasteiger partial charge is 0.508 e. The molecule has 0 spiro atoms. The fourth-order valence-corrected chi connectivity index (χ4v) is 3.38. The van der Waals surface area contributed by atoms with Crippen molar-refractivity contribution in [2.75, 3.05) is 0 Å². The predicted molar refractivity (Wildman–Crippen MR) is 124 cm³/mol. The van der Waals surface area contributed by atoms with Crippen LogP contribution in [0.3, 0.4) is 0 Å². The quantitative estimate of drug-likeness (QED) is 0.213. The number of benzene rings is 2. The van der Waals surface area contributed by atoms with E-state index in [1.54, 1.807) is 25.1 Å². The molecule has 3 nitrogen and oxygen atoms in total. The first kappa shape index (κ1) is 24.4. The van der Waals surface area contributed by atoms with Gasteiger partial charge in [0.2, 0.25) is 0 Å². The van der Waals surface area contributed by atoms with Gasteiger partial charge in [-0.3, -0.25) is 0 Å². The standard InChI is InChI=1S/C27H24F2O3/c1-4-6-19(7-14-27(31)32)16-22(29)17-26(20-8-11-23(30)12-9-20)24(5-2)25-13-10-21(28)15-18(25)3/h1,6-16,30H,5,17H2,2-3H3,(H,31,32)/b14-7+,19-6-,22-16+,26-24+. The second-order valence-electron chi connectivity index (χ2n) is 7.07. The van der Waals surface area contributed by atoms with Crippen LogP contribution in [-0.4, -0.2) is 16.2 Å². The van der Waals surface area contributed by atoms with Gasteiger partial charge in [0.1, 0.15) is 17.4 Å². The summed E-state index contributed by atoms with van der Waals surface area (Å²) in [6.07, 6.45) is 10.3. The lowest BCUT2D eigenvalue weighted by molar-refractivity contribution is -0.131. The molecule has 0 saturated heterocycles. The molecule has 0 amide bonds. The summed E-state index contributed by atoms with van der Waals surface area (Å²) >= 11 is 0. The Labute approximate surface area is 186 Å². The van der Waals surface area contributed by atoms with E-state index < -0.39 is 11.8 Å². The van der Waals surface area contributed by atoms with Crippen molar-refractivity contribution in [3.8, 4) is 18.1 Å². The van der Waals surface area contributed by atoms with Crippen molar-refractivity contribution in [1.29, 1.82) is 0 Å². The third-order valence-corrected chi connectivity index (χ3v) is 4.78.